The SMILES string of the molecule is CCc1nc2ccc(N3C(N)=C(C#N)C(c4ccccc4)C(C(=O)OC)=C3C(=O)OC)cc2s1. The highest BCUT2D eigenvalue weighted by Crippen LogP contribution is 2.43. The Bertz CT molecular complexity index is 1380. The average Bonchev–Trinajstić information content (AvgIpc) is 3.30. The number of aryl methyl sites for hydroxylation is 1. The molecule has 2 heterocycles. The lowest BCUT2D eigenvalue weighted by molar-refractivity contribution is -0.139. The number of carbonyl (C=O) groups excluding carboxylic acids is 2. The first-order valence-corrected chi connectivity index (χ1v) is 11.3. The molecule has 0 saturated heterocycles. The molecule has 2 N–H and O–H groups in total. The van der Waals surface area contributed by atoms with Crippen LogP contribution in [0.3, 0.4) is 0 Å². The minimum atomic E-state index is -0.900. The molecule has 8 nitrogen and oxygen atoms in total. The van der Waals surface area contributed by atoms with E-state index in [0.717, 1.165) is 21.6 Å². The monoisotopic (exact) mass is 474 g/mol. The minimum Gasteiger partial charge on any atom is -0.466 e. The molecule has 0 aliphatic carbocycles. The van der Waals surface area contributed by atoms with Crippen LogP contribution in [-0.2, 0) is 25.5 Å². The van der Waals surface area contributed by atoms with Gasteiger partial charge in [-0.15, -0.1) is 11.3 Å². The molecule has 4 rings (SSSR count). The molecular formula is C25H22N4O4S. The van der Waals surface area contributed by atoms with Crippen LogP contribution in [0.4, 0.5) is 5.69 Å². The van der Waals surface area contributed by atoms with Gasteiger partial charge in [-0.3, -0.25) is 4.90 Å². The van der Waals surface area contributed by atoms with E-state index in [1.165, 1.54) is 30.5 Å². The fourth-order valence-corrected chi connectivity index (χ4v) is 4.97. The number of methoxy groups -OCH3 is 2. The van der Waals surface area contributed by atoms with Crippen LogP contribution in [-0.4, -0.2) is 31.1 Å². The topological polar surface area (TPSA) is 119 Å². The summed E-state index contributed by atoms with van der Waals surface area (Å²) in [6.07, 6.45) is 0.789. The number of allylic oxidation sites excluding steroid dienone is 1. The number of nitrogens with zero attached hydrogens (tertiary/aromatic N) is 3. The number of benzene rings is 2. The average molecular weight is 475 g/mol. The Morgan fingerprint density at radius 3 is 2.47 bits per heavy atom. The fraction of sp³-hybridized carbons (Fsp3) is 0.200. The number of anilines is 1. The van der Waals surface area contributed by atoms with Gasteiger partial charge in [0.25, 0.3) is 0 Å². The van der Waals surface area contributed by atoms with Crippen molar-refractivity contribution in [1.29, 1.82) is 5.26 Å². The van der Waals surface area contributed by atoms with Crippen LogP contribution in [0.15, 0.2) is 71.2 Å². The Morgan fingerprint density at radius 1 is 1.15 bits per heavy atom. The van der Waals surface area contributed by atoms with Gasteiger partial charge in [0.1, 0.15) is 11.5 Å². The van der Waals surface area contributed by atoms with Crippen LogP contribution >= 0.6 is 11.3 Å². The Morgan fingerprint density at radius 2 is 1.85 bits per heavy atom. The maximum Gasteiger partial charge on any atom is 0.355 e. The van der Waals surface area contributed by atoms with Crippen molar-refractivity contribution in [2.45, 2.75) is 19.3 Å². The Hall–Kier alpha value is -4.16. The van der Waals surface area contributed by atoms with Gasteiger partial charge in [-0.1, -0.05) is 37.3 Å². The van der Waals surface area contributed by atoms with Crippen LogP contribution in [0.2, 0.25) is 0 Å². The Labute approximate surface area is 200 Å². The molecule has 2 aromatic carbocycles. The largest absolute Gasteiger partial charge is 0.466 e. The van der Waals surface area contributed by atoms with E-state index < -0.39 is 17.9 Å². The van der Waals surface area contributed by atoms with Crippen molar-refractivity contribution >= 4 is 39.2 Å². The van der Waals surface area contributed by atoms with Crippen LogP contribution in [0.5, 0.6) is 0 Å². The minimum absolute atomic E-state index is 0.0232. The summed E-state index contributed by atoms with van der Waals surface area (Å²) in [6.45, 7) is 2.02. The normalized spacial score (nSPS) is 15.9. The van der Waals surface area contributed by atoms with E-state index in [4.69, 9.17) is 15.2 Å². The second-order valence-corrected chi connectivity index (χ2v) is 8.56. The van der Waals surface area contributed by atoms with Crippen molar-refractivity contribution in [2.24, 2.45) is 5.73 Å². The first-order valence-electron chi connectivity index (χ1n) is 10.5. The van der Waals surface area contributed by atoms with Crippen LogP contribution in [0, 0.1) is 11.3 Å². The van der Waals surface area contributed by atoms with Gasteiger partial charge in [0, 0.05) is 5.69 Å². The Balaban J connectivity index is 2.04. The summed E-state index contributed by atoms with van der Waals surface area (Å²) in [4.78, 5) is 32.2. The van der Waals surface area contributed by atoms with Crippen molar-refractivity contribution in [2.75, 3.05) is 19.1 Å². The molecule has 0 saturated carbocycles. The van der Waals surface area contributed by atoms with E-state index in [1.54, 1.807) is 30.3 Å². The number of hydrogen-bond acceptors (Lipinski definition) is 9. The number of ether oxygens (including phenoxy) is 2. The number of hydrogen-bond donors (Lipinski definition) is 1. The van der Waals surface area contributed by atoms with Crippen molar-refractivity contribution in [1.82, 2.24) is 4.98 Å². The van der Waals surface area contributed by atoms with Crippen molar-refractivity contribution in [3.8, 4) is 6.07 Å². The van der Waals surface area contributed by atoms with E-state index >= 15 is 0 Å². The lowest BCUT2D eigenvalue weighted by atomic mass is 9.81. The summed E-state index contributed by atoms with van der Waals surface area (Å²) in [6, 6.07) is 16.4. The number of fused-ring (bicyclic) bond motifs is 1. The van der Waals surface area contributed by atoms with Gasteiger partial charge in [-0.25, -0.2) is 14.6 Å². The van der Waals surface area contributed by atoms with Gasteiger partial charge in [0.2, 0.25) is 0 Å². The zero-order valence-corrected chi connectivity index (χ0v) is 19.7. The number of aromatic nitrogens is 1. The highest BCUT2D eigenvalue weighted by molar-refractivity contribution is 7.18. The summed E-state index contributed by atoms with van der Waals surface area (Å²) in [5, 5.41) is 11.1. The van der Waals surface area contributed by atoms with Crippen LogP contribution in [0.1, 0.15) is 23.4 Å². The highest BCUT2D eigenvalue weighted by atomic mass is 32.1. The molecule has 1 aromatic heterocycles. The molecule has 9 heteroatoms. The number of esters is 2. The summed E-state index contributed by atoms with van der Waals surface area (Å²) < 4.78 is 11.0. The van der Waals surface area contributed by atoms with Crippen molar-refractivity contribution in [3.05, 3.63) is 81.8 Å². The molecular weight excluding hydrogens is 452 g/mol. The van der Waals surface area contributed by atoms with E-state index in [9.17, 15) is 14.9 Å². The lowest BCUT2D eigenvalue weighted by Crippen LogP contribution is -2.40. The molecule has 3 aromatic rings. The van der Waals surface area contributed by atoms with Crippen molar-refractivity contribution < 1.29 is 19.1 Å². The van der Waals surface area contributed by atoms with Gasteiger partial charge >= 0.3 is 11.9 Å². The zero-order chi connectivity index (χ0) is 24.4. The summed E-state index contributed by atoms with van der Waals surface area (Å²) in [5.41, 5.74) is 8.46. The Kier molecular flexibility index (Phi) is 6.34. The number of thiazole rings is 1. The molecule has 1 atom stereocenters. The quantitative estimate of drug-likeness (QED) is 0.555. The fourth-order valence-electron chi connectivity index (χ4n) is 4.03. The second-order valence-electron chi connectivity index (χ2n) is 7.45. The first kappa shape index (κ1) is 23.0. The van der Waals surface area contributed by atoms with Crippen LogP contribution in [0.25, 0.3) is 10.2 Å². The van der Waals surface area contributed by atoms with Gasteiger partial charge < -0.3 is 15.2 Å². The number of nitrogens with two attached hydrogens (primary N) is 1. The second kappa shape index (κ2) is 9.37. The van der Waals surface area contributed by atoms with Gasteiger partial charge in [0.15, 0.2) is 0 Å². The third-order valence-corrected chi connectivity index (χ3v) is 6.75. The number of rotatable bonds is 5. The van der Waals surface area contributed by atoms with E-state index in [2.05, 4.69) is 11.1 Å². The summed E-state index contributed by atoms with van der Waals surface area (Å²) in [7, 11) is 2.44. The van der Waals surface area contributed by atoms with E-state index in [1.807, 2.05) is 25.1 Å². The number of carbonyl (C=O) groups is 2. The standard InChI is InChI=1S/C25H22N4O4S/c1-4-19-28-17-11-10-15(12-18(17)34-19)29-22(25(31)33-3)21(24(30)32-2)20(16(13-26)23(29)27)14-8-6-5-7-9-14/h5-12,20H,4,27H2,1-3H3. The predicted octanol–water partition coefficient (Wildman–Crippen LogP) is 3.76. The first-order chi connectivity index (χ1) is 16.4. The molecule has 0 radical (unpaired) electrons. The number of nitriles is 1. The molecule has 0 spiro atoms. The molecule has 0 bridgehead atoms. The smallest absolute Gasteiger partial charge is 0.355 e. The van der Waals surface area contributed by atoms with E-state index in [0.29, 0.717) is 11.3 Å². The molecule has 1 aliphatic rings. The maximum atomic E-state index is 13.1. The maximum absolute atomic E-state index is 13.1. The molecule has 172 valence electrons. The molecule has 0 amide bonds. The molecule has 34 heavy (non-hydrogen) atoms. The van der Waals surface area contributed by atoms with Gasteiger partial charge in [0.05, 0.1) is 52.6 Å². The lowest BCUT2D eigenvalue weighted by Gasteiger charge is -2.35. The predicted molar refractivity (Wildman–Crippen MR) is 129 cm³/mol. The molecule has 0 fully saturated rings. The summed E-state index contributed by atoms with van der Waals surface area (Å²) in [5.74, 6) is -2.40. The van der Waals surface area contributed by atoms with Gasteiger partial charge in [-0.05, 0) is 30.2 Å². The summed E-state index contributed by atoms with van der Waals surface area (Å²) >= 11 is 1.52. The molecule has 1 aliphatic heterocycles. The third kappa shape index (κ3) is 3.78. The third-order valence-electron chi connectivity index (χ3n) is 5.59. The zero-order valence-electron chi connectivity index (χ0n) is 18.9. The molecule has 1 unspecified atom stereocenters. The van der Waals surface area contributed by atoms with Crippen molar-refractivity contribution in [3.63, 3.8) is 0 Å². The van der Waals surface area contributed by atoms with E-state index in [-0.39, 0.29) is 22.7 Å². The highest BCUT2D eigenvalue weighted by Gasteiger charge is 2.43. The van der Waals surface area contributed by atoms with Crippen LogP contribution < -0.4 is 10.6 Å². The van der Waals surface area contributed by atoms with Gasteiger partial charge in [-0.2, -0.15) is 5.26 Å².